The van der Waals surface area contributed by atoms with Crippen LogP contribution in [0, 0.1) is 0 Å². The molecule has 3 rings (SSSR count). The predicted molar refractivity (Wildman–Crippen MR) is 92.7 cm³/mol. The second-order valence-corrected chi connectivity index (χ2v) is 6.36. The number of hydrogen-bond acceptors (Lipinski definition) is 5. The molecule has 2 heterocycles. The number of furan rings is 1. The summed E-state index contributed by atoms with van der Waals surface area (Å²) in [6.45, 7) is 1.87. The van der Waals surface area contributed by atoms with Crippen LogP contribution in [0.4, 0.5) is 5.82 Å². The molecule has 2 aromatic rings. The Balaban J connectivity index is 1.61. The van der Waals surface area contributed by atoms with Crippen LogP contribution in [0.3, 0.4) is 0 Å². The van der Waals surface area contributed by atoms with Crippen LogP contribution in [0.15, 0.2) is 41.1 Å². The van der Waals surface area contributed by atoms with Gasteiger partial charge in [0.25, 0.3) is 5.91 Å². The highest BCUT2D eigenvalue weighted by atomic mass is 16.3. The topological polar surface area (TPSA) is 93.2 Å². The minimum atomic E-state index is -0.387. The molecule has 0 aliphatic heterocycles. The van der Waals surface area contributed by atoms with Crippen molar-refractivity contribution in [3.8, 4) is 0 Å². The van der Waals surface area contributed by atoms with Gasteiger partial charge in [-0.05, 0) is 44.0 Å². The van der Waals surface area contributed by atoms with Gasteiger partial charge < -0.3 is 20.8 Å². The molecule has 6 nitrogen and oxygen atoms in total. The second kappa shape index (κ2) is 7.49. The summed E-state index contributed by atoms with van der Waals surface area (Å²) in [7, 11) is 0. The first-order valence-corrected chi connectivity index (χ1v) is 8.46. The number of nitrogens with zero attached hydrogens (tertiary/aromatic N) is 1. The first kappa shape index (κ1) is 16.5. The van der Waals surface area contributed by atoms with E-state index in [1.54, 1.807) is 30.7 Å². The minimum absolute atomic E-state index is 0.165. The summed E-state index contributed by atoms with van der Waals surface area (Å²) in [4.78, 5) is 16.8. The van der Waals surface area contributed by atoms with Crippen LogP contribution in [0.25, 0.3) is 0 Å². The Morgan fingerprint density at radius 3 is 2.88 bits per heavy atom. The van der Waals surface area contributed by atoms with Crippen molar-refractivity contribution in [2.75, 3.05) is 5.32 Å². The third-order valence-corrected chi connectivity index (χ3v) is 4.50. The Morgan fingerprint density at radius 1 is 1.38 bits per heavy atom. The Labute approximate surface area is 141 Å². The third-order valence-electron chi connectivity index (χ3n) is 4.50. The molecule has 2 aromatic heterocycles. The molecule has 24 heavy (non-hydrogen) atoms. The highest BCUT2D eigenvalue weighted by molar-refractivity contribution is 5.95. The summed E-state index contributed by atoms with van der Waals surface area (Å²) in [6.07, 6.45) is 8.05. The van der Waals surface area contributed by atoms with Gasteiger partial charge in [-0.2, -0.15) is 0 Å². The lowest BCUT2D eigenvalue weighted by molar-refractivity contribution is 0.0933. The summed E-state index contributed by atoms with van der Waals surface area (Å²) in [5.74, 6) is 1.24. The number of carbonyl (C=O) groups is 1. The standard InChI is InChI=1S/C18H24N4O2/c1-12(17(19)15-7-4-10-24-15)21-18(23)13-8-9-20-16(11-13)22-14-5-2-3-6-14/h4,7-12,14,17H,2-3,5-6,19H2,1H3,(H,20,22)(H,21,23). The van der Waals surface area contributed by atoms with Crippen LogP contribution in [-0.4, -0.2) is 23.0 Å². The molecule has 2 unspecified atom stereocenters. The van der Waals surface area contributed by atoms with E-state index in [9.17, 15) is 4.79 Å². The van der Waals surface area contributed by atoms with Crippen LogP contribution >= 0.6 is 0 Å². The summed E-state index contributed by atoms with van der Waals surface area (Å²) < 4.78 is 5.30. The molecule has 1 saturated carbocycles. The van der Waals surface area contributed by atoms with Crippen LogP contribution in [0.5, 0.6) is 0 Å². The van der Waals surface area contributed by atoms with Crippen molar-refractivity contribution < 1.29 is 9.21 Å². The maximum Gasteiger partial charge on any atom is 0.251 e. The lowest BCUT2D eigenvalue weighted by atomic mass is 10.1. The van der Waals surface area contributed by atoms with Crippen molar-refractivity contribution in [1.82, 2.24) is 10.3 Å². The van der Waals surface area contributed by atoms with E-state index in [2.05, 4.69) is 15.6 Å². The predicted octanol–water partition coefficient (Wildman–Crippen LogP) is 2.85. The van der Waals surface area contributed by atoms with E-state index in [0.29, 0.717) is 17.4 Å². The average Bonchev–Trinajstić information content (AvgIpc) is 3.28. The molecule has 0 bridgehead atoms. The van der Waals surface area contributed by atoms with Gasteiger partial charge in [0.2, 0.25) is 0 Å². The number of aromatic nitrogens is 1. The van der Waals surface area contributed by atoms with Gasteiger partial charge in [0.05, 0.1) is 12.3 Å². The first-order valence-electron chi connectivity index (χ1n) is 8.46. The summed E-state index contributed by atoms with van der Waals surface area (Å²) in [6, 6.07) is 6.92. The maximum atomic E-state index is 12.5. The molecule has 1 fully saturated rings. The molecule has 0 spiro atoms. The Bertz CT molecular complexity index is 665. The smallest absolute Gasteiger partial charge is 0.251 e. The zero-order chi connectivity index (χ0) is 16.9. The van der Waals surface area contributed by atoms with Gasteiger partial charge in [-0.25, -0.2) is 4.98 Å². The fourth-order valence-electron chi connectivity index (χ4n) is 3.04. The van der Waals surface area contributed by atoms with Crippen LogP contribution in [-0.2, 0) is 0 Å². The van der Waals surface area contributed by atoms with Gasteiger partial charge in [0, 0.05) is 23.8 Å². The quantitative estimate of drug-likeness (QED) is 0.758. The van der Waals surface area contributed by atoms with Crippen molar-refractivity contribution in [3.05, 3.63) is 48.0 Å². The molecule has 6 heteroatoms. The van der Waals surface area contributed by atoms with E-state index >= 15 is 0 Å². The lowest BCUT2D eigenvalue weighted by Crippen LogP contribution is -2.40. The van der Waals surface area contributed by atoms with Crippen molar-refractivity contribution in [3.63, 3.8) is 0 Å². The number of nitrogens with two attached hydrogens (primary N) is 1. The highest BCUT2D eigenvalue weighted by Crippen LogP contribution is 2.22. The molecular formula is C18H24N4O2. The summed E-state index contributed by atoms with van der Waals surface area (Å²) >= 11 is 0. The Kier molecular flexibility index (Phi) is 5.15. The van der Waals surface area contributed by atoms with E-state index in [1.165, 1.54) is 12.8 Å². The van der Waals surface area contributed by atoms with Gasteiger partial charge >= 0.3 is 0 Å². The van der Waals surface area contributed by atoms with Crippen molar-refractivity contribution in [2.45, 2.75) is 50.7 Å². The van der Waals surface area contributed by atoms with Gasteiger partial charge in [0.15, 0.2) is 0 Å². The van der Waals surface area contributed by atoms with Crippen molar-refractivity contribution in [2.24, 2.45) is 5.73 Å². The average molecular weight is 328 g/mol. The fraction of sp³-hybridized carbons (Fsp3) is 0.444. The third kappa shape index (κ3) is 3.94. The zero-order valence-electron chi connectivity index (χ0n) is 13.9. The molecule has 1 aliphatic carbocycles. The van der Waals surface area contributed by atoms with E-state index in [0.717, 1.165) is 18.7 Å². The fourth-order valence-corrected chi connectivity index (χ4v) is 3.04. The SMILES string of the molecule is CC(NC(=O)c1ccnc(NC2CCCC2)c1)C(N)c1ccco1. The summed E-state index contributed by atoms with van der Waals surface area (Å²) in [5.41, 5.74) is 6.69. The second-order valence-electron chi connectivity index (χ2n) is 6.36. The van der Waals surface area contributed by atoms with Crippen molar-refractivity contribution in [1.29, 1.82) is 0 Å². The molecular weight excluding hydrogens is 304 g/mol. The minimum Gasteiger partial charge on any atom is -0.468 e. The van der Waals surface area contributed by atoms with Crippen LogP contribution in [0.2, 0.25) is 0 Å². The summed E-state index contributed by atoms with van der Waals surface area (Å²) in [5, 5.41) is 6.33. The highest BCUT2D eigenvalue weighted by Gasteiger charge is 2.20. The largest absolute Gasteiger partial charge is 0.468 e. The number of carbonyl (C=O) groups excluding carboxylic acids is 1. The van der Waals surface area contributed by atoms with Gasteiger partial charge in [-0.3, -0.25) is 4.79 Å². The van der Waals surface area contributed by atoms with Gasteiger partial charge in [-0.1, -0.05) is 12.8 Å². The number of amides is 1. The number of nitrogens with one attached hydrogen (secondary N) is 2. The van der Waals surface area contributed by atoms with Crippen LogP contribution < -0.4 is 16.4 Å². The Hall–Kier alpha value is -2.34. The molecule has 2 atom stereocenters. The van der Waals surface area contributed by atoms with E-state index in [-0.39, 0.29) is 18.0 Å². The number of anilines is 1. The molecule has 0 aromatic carbocycles. The molecule has 0 saturated heterocycles. The van der Waals surface area contributed by atoms with Gasteiger partial charge in [-0.15, -0.1) is 0 Å². The van der Waals surface area contributed by atoms with E-state index < -0.39 is 0 Å². The number of rotatable bonds is 6. The number of pyridine rings is 1. The molecule has 4 N–H and O–H groups in total. The lowest BCUT2D eigenvalue weighted by Gasteiger charge is -2.20. The van der Waals surface area contributed by atoms with Crippen molar-refractivity contribution >= 4 is 11.7 Å². The number of hydrogen-bond donors (Lipinski definition) is 3. The van der Waals surface area contributed by atoms with Gasteiger partial charge in [0.1, 0.15) is 11.6 Å². The normalized spacial score (nSPS) is 17.4. The molecule has 0 radical (unpaired) electrons. The van der Waals surface area contributed by atoms with Crippen LogP contribution in [0.1, 0.15) is 54.8 Å². The molecule has 128 valence electrons. The first-order chi connectivity index (χ1) is 11.6. The molecule has 1 aliphatic rings. The zero-order valence-corrected chi connectivity index (χ0v) is 13.9. The molecule has 1 amide bonds. The van der Waals surface area contributed by atoms with E-state index in [4.69, 9.17) is 10.2 Å². The maximum absolute atomic E-state index is 12.5. The Morgan fingerprint density at radius 2 is 2.17 bits per heavy atom. The monoisotopic (exact) mass is 328 g/mol. The van der Waals surface area contributed by atoms with E-state index in [1.807, 2.05) is 13.0 Å².